The molecule has 0 aliphatic carbocycles. The summed E-state index contributed by atoms with van der Waals surface area (Å²) >= 11 is 1.44. The molecule has 0 aliphatic rings. The molecule has 154 valence electrons. The molecule has 0 fully saturated rings. The molecular weight excluding hydrogens is 394 g/mol. The predicted octanol–water partition coefficient (Wildman–Crippen LogP) is 2.42. The van der Waals surface area contributed by atoms with E-state index in [1.54, 1.807) is 16.9 Å². The molecule has 0 saturated carbocycles. The number of nitrogens with one attached hydrogen (secondary N) is 1. The summed E-state index contributed by atoms with van der Waals surface area (Å²) in [5.74, 6) is -0.661. The molecule has 0 unspecified atom stereocenters. The first kappa shape index (κ1) is 20.7. The second-order valence-corrected chi connectivity index (χ2v) is 8.22. The number of rotatable bonds is 6. The van der Waals surface area contributed by atoms with Gasteiger partial charge in [-0.3, -0.25) is 19.0 Å². The van der Waals surface area contributed by atoms with Crippen molar-refractivity contribution in [2.75, 3.05) is 5.32 Å². The Bertz CT molecular complexity index is 1130. The molecular formula is C19H23N5O4S. The van der Waals surface area contributed by atoms with Crippen LogP contribution in [-0.2, 0) is 20.9 Å². The number of hydrogen-bond acceptors (Lipinski definition) is 7. The van der Waals surface area contributed by atoms with Crippen molar-refractivity contribution in [3.05, 3.63) is 39.4 Å². The summed E-state index contributed by atoms with van der Waals surface area (Å²) in [6, 6.07) is 1.73. The van der Waals surface area contributed by atoms with E-state index in [9.17, 15) is 14.4 Å². The number of carbonyl (C=O) groups excluding carboxylic acids is 2. The van der Waals surface area contributed by atoms with E-state index in [0.29, 0.717) is 16.0 Å². The fraction of sp³-hybridized carbons (Fsp3) is 0.421. The molecule has 10 heteroatoms. The number of hydrogen-bond donors (Lipinski definition) is 1. The predicted molar refractivity (Wildman–Crippen MR) is 110 cm³/mol. The van der Waals surface area contributed by atoms with Gasteiger partial charge in [0.1, 0.15) is 17.2 Å². The summed E-state index contributed by atoms with van der Waals surface area (Å²) in [7, 11) is 0. The van der Waals surface area contributed by atoms with Gasteiger partial charge in [0.25, 0.3) is 11.5 Å². The number of amides is 1. The molecule has 0 bridgehead atoms. The van der Waals surface area contributed by atoms with Crippen LogP contribution in [-0.4, -0.2) is 37.3 Å². The first-order valence-corrected chi connectivity index (χ1v) is 9.99. The van der Waals surface area contributed by atoms with E-state index < -0.39 is 18.0 Å². The Balaban J connectivity index is 1.67. The number of nitrogens with zero attached hydrogens (tertiary/aromatic N) is 4. The fourth-order valence-electron chi connectivity index (χ4n) is 2.86. The highest BCUT2D eigenvalue weighted by atomic mass is 32.1. The minimum Gasteiger partial charge on any atom is -0.451 e. The van der Waals surface area contributed by atoms with E-state index in [2.05, 4.69) is 15.4 Å². The van der Waals surface area contributed by atoms with E-state index >= 15 is 0 Å². The average Bonchev–Trinajstić information content (AvgIpc) is 3.22. The Labute approximate surface area is 171 Å². The summed E-state index contributed by atoms with van der Waals surface area (Å²) in [6.45, 7) is 8.80. The average molecular weight is 417 g/mol. The van der Waals surface area contributed by atoms with Crippen LogP contribution in [0.3, 0.4) is 0 Å². The molecule has 1 atom stereocenters. The van der Waals surface area contributed by atoms with Gasteiger partial charge in [-0.25, -0.2) is 9.67 Å². The fourth-order valence-corrected chi connectivity index (χ4v) is 3.85. The van der Waals surface area contributed by atoms with Crippen molar-refractivity contribution >= 4 is 39.2 Å². The van der Waals surface area contributed by atoms with Crippen molar-refractivity contribution in [1.29, 1.82) is 0 Å². The zero-order valence-electron chi connectivity index (χ0n) is 16.9. The maximum absolute atomic E-state index is 12.7. The van der Waals surface area contributed by atoms with Crippen molar-refractivity contribution < 1.29 is 14.3 Å². The molecule has 1 amide bonds. The van der Waals surface area contributed by atoms with Crippen LogP contribution in [0.1, 0.15) is 37.3 Å². The Morgan fingerprint density at radius 1 is 1.28 bits per heavy atom. The number of aromatic nitrogens is 4. The van der Waals surface area contributed by atoms with Gasteiger partial charge in [-0.2, -0.15) is 5.10 Å². The van der Waals surface area contributed by atoms with Crippen molar-refractivity contribution in [2.45, 2.75) is 53.3 Å². The van der Waals surface area contributed by atoms with Gasteiger partial charge in [-0.15, -0.1) is 11.3 Å². The lowest BCUT2D eigenvalue weighted by Crippen LogP contribution is -2.33. The van der Waals surface area contributed by atoms with Crippen LogP contribution in [0.2, 0.25) is 0 Å². The Morgan fingerprint density at radius 3 is 2.69 bits per heavy atom. The summed E-state index contributed by atoms with van der Waals surface area (Å²) < 4.78 is 8.05. The second-order valence-electron chi connectivity index (χ2n) is 7.02. The smallest absolute Gasteiger partial charge is 0.326 e. The van der Waals surface area contributed by atoms with Gasteiger partial charge < -0.3 is 10.1 Å². The van der Waals surface area contributed by atoms with Gasteiger partial charge in [0.05, 0.1) is 17.9 Å². The van der Waals surface area contributed by atoms with Gasteiger partial charge in [0.15, 0.2) is 6.10 Å². The number of thiophene rings is 1. The molecule has 0 spiro atoms. The van der Waals surface area contributed by atoms with Crippen LogP contribution in [0.4, 0.5) is 5.82 Å². The maximum Gasteiger partial charge on any atom is 0.326 e. The highest BCUT2D eigenvalue weighted by molar-refractivity contribution is 7.18. The topological polar surface area (TPSA) is 108 Å². The van der Waals surface area contributed by atoms with E-state index in [4.69, 9.17) is 4.74 Å². The molecule has 3 heterocycles. The Morgan fingerprint density at radius 2 is 2.00 bits per heavy atom. The monoisotopic (exact) mass is 417 g/mol. The third-order valence-electron chi connectivity index (χ3n) is 4.54. The zero-order valence-corrected chi connectivity index (χ0v) is 17.7. The van der Waals surface area contributed by atoms with Crippen LogP contribution in [0.5, 0.6) is 0 Å². The first-order valence-electron chi connectivity index (χ1n) is 9.18. The van der Waals surface area contributed by atoms with Crippen LogP contribution in [0.25, 0.3) is 10.2 Å². The summed E-state index contributed by atoms with van der Waals surface area (Å²) in [5.41, 5.74) is 0.562. The minimum absolute atomic E-state index is 0.0663. The van der Waals surface area contributed by atoms with Gasteiger partial charge in [0.2, 0.25) is 0 Å². The molecule has 0 aliphatic heterocycles. The summed E-state index contributed by atoms with van der Waals surface area (Å²) in [5, 5.41) is 7.34. The molecule has 3 rings (SSSR count). The molecule has 29 heavy (non-hydrogen) atoms. The van der Waals surface area contributed by atoms with Crippen molar-refractivity contribution in [1.82, 2.24) is 19.3 Å². The van der Waals surface area contributed by atoms with Crippen LogP contribution in [0.15, 0.2) is 23.4 Å². The lowest BCUT2D eigenvalue weighted by molar-refractivity contribution is -0.153. The Hall–Kier alpha value is -3.01. The minimum atomic E-state index is -1.03. The number of esters is 1. The first-order chi connectivity index (χ1) is 13.7. The van der Waals surface area contributed by atoms with Gasteiger partial charge >= 0.3 is 5.97 Å². The van der Waals surface area contributed by atoms with Gasteiger partial charge in [0, 0.05) is 17.0 Å². The quantitative estimate of drug-likeness (QED) is 0.617. The standard InChI is InChI=1S/C19H23N5O4S/c1-10(2)24-14(6-7-21-24)22-17(26)12(4)28-15(25)8-23-9-20-18-16(19(23)27)11(3)13(5)29-18/h6-7,9-10,12H,8H2,1-5H3,(H,22,26)/t12-/m0/s1. The SMILES string of the molecule is Cc1sc2ncn(CC(=O)O[C@@H](C)C(=O)Nc3ccnn3C(C)C)c(=O)c2c1C. The third kappa shape index (κ3) is 4.21. The van der Waals surface area contributed by atoms with Crippen LogP contribution >= 0.6 is 11.3 Å². The number of anilines is 1. The number of aryl methyl sites for hydroxylation is 2. The lowest BCUT2D eigenvalue weighted by atomic mass is 10.2. The van der Waals surface area contributed by atoms with Crippen molar-refractivity contribution in [2.24, 2.45) is 0 Å². The highest BCUT2D eigenvalue weighted by Gasteiger charge is 2.21. The van der Waals surface area contributed by atoms with Crippen molar-refractivity contribution in [3.8, 4) is 0 Å². The maximum atomic E-state index is 12.7. The molecule has 9 nitrogen and oxygen atoms in total. The Kier molecular flexibility index (Phi) is 5.83. The van der Waals surface area contributed by atoms with E-state index in [-0.39, 0.29) is 18.1 Å². The number of carbonyl (C=O) groups is 2. The van der Waals surface area contributed by atoms with Crippen molar-refractivity contribution in [3.63, 3.8) is 0 Å². The van der Waals surface area contributed by atoms with Gasteiger partial charge in [-0.1, -0.05) is 0 Å². The largest absolute Gasteiger partial charge is 0.451 e. The summed E-state index contributed by atoms with van der Waals surface area (Å²) in [4.78, 5) is 43.2. The number of ether oxygens (including phenoxy) is 1. The lowest BCUT2D eigenvalue weighted by Gasteiger charge is -2.16. The van der Waals surface area contributed by atoms with E-state index in [0.717, 1.165) is 10.4 Å². The molecule has 0 radical (unpaired) electrons. The second kappa shape index (κ2) is 8.16. The van der Waals surface area contributed by atoms with E-state index in [1.165, 1.54) is 29.2 Å². The molecule has 3 aromatic heterocycles. The molecule has 3 aromatic rings. The third-order valence-corrected chi connectivity index (χ3v) is 5.66. The van der Waals surface area contributed by atoms with Crippen LogP contribution in [0, 0.1) is 13.8 Å². The number of fused-ring (bicyclic) bond motifs is 1. The van der Waals surface area contributed by atoms with Gasteiger partial charge in [-0.05, 0) is 40.2 Å². The van der Waals surface area contributed by atoms with E-state index in [1.807, 2.05) is 27.7 Å². The molecule has 1 N–H and O–H groups in total. The van der Waals surface area contributed by atoms with Crippen LogP contribution < -0.4 is 10.9 Å². The normalized spacial score (nSPS) is 12.3. The zero-order chi connectivity index (χ0) is 21.3. The molecule has 0 aromatic carbocycles. The molecule has 0 saturated heterocycles. The highest BCUT2D eigenvalue weighted by Crippen LogP contribution is 2.25. The summed E-state index contributed by atoms with van der Waals surface area (Å²) in [6.07, 6.45) is 1.87.